The highest BCUT2D eigenvalue weighted by Gasteiger charge is 2.24. The average Bonchev–Trinajstić information content (AvgIpc) is 2.71. The van der Waals surface area contributed by atoms with Gasteiger partial charge >= 0.3 is 0 Å². The van der Waals surface area contributed by atoms with Crippen LogP contribution in [0.2, 0.25) is 5.82 Å². The fourth-order valence-corrected chi connectivity index (χ4v) is 2.46. The van der Waals surface area contributed by atoms with Crippen molar-refractivity contribution in [2.24, 2.45) is 5.92 Å². The second kappa shape index (κ2) is 5.95. The van der Waals surface area contributed by atoms with Crippen LogP contribution < -0.4 is 0 Å². The summed E-state index contributed by atoms with van der Waals surface area (Å²) in [6.45, 7) is 2.86. The Morgan fingerprint density at radius 2 is 2.12 bits per heavy atom. The maximum absolute atomic E-state index is 5.98. The summed E-state index contributed by atoms with van der Waals surface area (Å²) in [5.41, 5.74) is 2.59. The third-order valence-electron chi connectivity index (χ3n) is 3.43. The van der Waals surface area contributed by atoms with Crippen molar-refractivity contribution in [1.29, 1.82) is 0 Å². The van der Waals surface area contributed by atoms with Crippen molar-refractivity contribution in [3.63, 3.8) is 0 Å². The third-order valence-corrected chi connectivity index (χ3v) is 3.43. The summed E-state index contributed by atoms with van der Waals surface area (Å²) in [5.74, 6) is 0.951. The van der Waals surface area contributed by atoms with E-state index < -0.39 is 0 Å². The lowest BCUT2D eigenvalue weighted by Crippen LogP contribution is -1.95. The molecule has 0 N–H and O–H groups in total. The summed E-state index contributed by atoms with van der Waals surface area (Å²) >= 11 is 0. The van der Waals surface area contributed by atoms with E-state index in [-0.39, 0.29) is 0 Å². The van der Waals surface area contributed by atoms with Crippen LogP contribution in [0.5, 0.6) is 0 Å². The van der Waals surface area contributed by atoms with Gasteiger partial charge in [0, 0.05) is 0 Å². The van der Waals surface area contributed by atoms with Crippen LogP contribution in [0, 0.1) is 5.92 Å². The molecule has 0 unspecified atom stereocenters. The van der Waals surface area contributed by atoms with Gasteiger partial charge in [-0.25, -0.2) is 0 Å². The van der Waals surface area contributed by atoms with E-state index >= 15 is 0 Å². The molecule has 1 fully saturated rings. The van der Waals surface area contributed by atoms with Crippen molar-refractivity contribution in [3.05, 3.63) is 47.7 Å². The minimum Gasteiger partial charge on any atom is -0.497 e. The van der Waals surface area contributed by atoms with E-state index in [0.717, 1.165) is 19.3 Å². The van der Waals surface area contributed by atoms with E-state index in [4.69, 9.17) is 12.6 Å². The second-order valence-corrected chi connectivity index (χ2v) is 4.79. The van der Waals surface area contributed by atoms with Gasteiger partial charge in [-0.15, -0.1) is 0 Å². The van der Waals surface area contributed by atoms with Crippen molar-refractivity contribution < 1.29 is 4.74 Å². The summed E-state index contributed by atoms with van der Waals surface area (Å²) in [6.07, 6.45) is 5.20. The van der Waals surface area contributed by atoms with Crippen molar-refractivity contribution in [1.82, 2.24) is 0 Å². The molecule has 0 saturated heterocycles. The maximum Gasteiger partial charge on any atom is 0.112 e. The van der Waals surface area contributed by atoms with Crippen molar-refractivity contribution in [2.45, 2.75) is 38.6 Å². The molecule has 0 aliphatic heterocycles. The predicted molar refractivity (Wildman–Crippen MR) is 71.8 cm³/mol. The Hall–Kier alpha value is -1.18. The topological polar surface area (TPSA) is 9.23 Å². The highest BCUT2D eigenvalue weighted by molar-refractivity contribution is 6.12. The zero-order chi connectivity index (χ0) is 12.1. The van der Waals surface area contributed by atoms with Crippen molar-refractivity contribution >= 4 is 7.85 Å². The van der Waals surface area contributed by atoms with Crippen LogP contribution in [0.25, 0.3) is 0 Å². The molecule has 2 radical (unpaired) electrons. The Morgan fingerprint density at radius 3 is 2.82 bits per heavy atom. The first-order valence-corrected chi connectivity index (χ1v) is 6.39. The van der Waals surface area contributed by atoms with E-state index in [0.29, 0.717) is 18.3 Å². The van der Waals surface area contributed by atoms with Gasteiger partial charge in [0.2, 0.25) is 0 Å². The summed E-state index contributed by atoms with van der Waals surface area (Å²) in [4.78, 5) is 0. The quantitative estimate of drug-likeness (QED) is 0.559. The van der Waals surface area contributed by atoms with Crippen LogP contribution >= 0.6 is 0 Å². The predicted octanol–water partition coefficient (Wildman–Crippen LogP) is 3.86. The smallest absolute Gasteiger partial charge is 0.112 e. The van der Waals surface area contributed by atoms with E-state index in [1.807, 2.05) is 24.5 Å². The SMILES string of the molecule is [B][C@@H]1C/C(=C/OCc2ccccc2)[C@@H](CC)C1. The molecule has 0 spiro atoms. The Morgan fingerprint density at radius 1 is 1.35 bits per heavy atom. The minimum absolute atomic E-state index is 0.325. The maximum atomic E-state index is 5.98. The molecule has 1 nitrogen and oxygen atoms in total. The Balaban J connectivity index is 1.88. The fourth-order valence-electron chi connectivity index (χ4n) is 2.46. The van der Waals surface area contributed by atoms with E-state index in [9.17, 15) is 0 Å². The van der Waals surface area contributed by atoms with E-state index in [2.05, 4.69) is 19.1 Å². The number of ether oxygens (including phenoxy) is 1. The van der Waals surface area contributed by atoms with Crippen LogP contribution in [0.15, 0.2) is 42.2 Å². The molecule has 1 aliphatic rings. The lowest BCUT2D eigenvalue weighted by atomic mass is 9.85. The second-order valence-electron chi connectivity index (χ2n) is 4.79. The highest BCUT2D eigenvalue weighted by Crippen LogP contribution is 2.39. The standard InChI is InChI=1S/C15H19BO/c1-2-13-8-15(16)9-14(13)11-17-10-12-6-4-3-5-7-12/h3-7,11,13,15H,2,8-10H2,1H3/b14-11-/t13-,15-/m0/s1. The van der Waals surface area contributed by atoms with E-state index in [1.54, 1.807) is 0 Å². The van der Waals surface area contributed by atoms with Crippen LogP contribution in [0.1, 0.15) is 31.7 Å². The Bertz CT molecular complexity index is 372. The van der Waals surface area contributed by atoms with Gasteiger partial charge in [0.15, 0.2) is 0 Å². The number of benzene rings is 1. The van der Waals surface area contributed by atoms with Gasteiger partial charge < -0.3 is 4.74 Å². The van der Waals surface area contributed by atoms with Gasteiger partial charge in [-0.2, -0.15) is 0 Å². The van der Waals surface area contributed by atoms with Crippen LogP contribution in [-0.4, -0.2) is 7.85 Å². The number of hydrogen-bond acceptors (Lipinski definition) is 1. The van der Waals surface area contributed by atoms with Crippen molar-refractivity contribution in [3.8, 4) is 0 Å². The van der Waals surface area contributed by atoms with Crippen LogP contribution in [-0.2, 0) is 11.3 Å². The molecule has 0 amide bonds. The van der Waals surface area contributed by atoms with Gasteiger partial charge in [-0.1, -0.05) is 49.5 Å². The molecule has 1 aromatic rings. The lowest BCUT2D eigenvalue weighted by Gasteiger charge is -2.09. The zero-order valence-electron chi connectivity index (χ0n) is 10.4. The molecule has 0 bridgehead atoms. The molecule has 17 heavy (non-hydrogen) atoms. The average molecular weight is 226 g/mol. The molecule has 88 valence electrons. The molecular formula is C15H19BO. The fraction of sp³-hybridized carbons (Fsp3) is 0.467. The molecule has 2 heteroatoms. The number of hydrogen-bond donors (Lipinski definition) is 0. The lowest BCUT2D eigenvalue weighted by molar-refractivity contribution is 0.230. The van der Waals surface area contributed by atoms with E-state index in [1.165, 1.54) is 11.1 Å². The molecular weight excluding hydrogens is 207 g/mol. The molecule has 2 rings (SSSR count). The first-order chi connectivity index (χ1) is 8.29. The van der Waals surface area contributed by atoms with Gasteiger partial charge in [-0.3, -0.25) is 0 Å². The first-order valence-electron chi connectivity index (χ1n) is 6.39. The molecule has 1 saturated carbocycles. The van der Waals surface area contributed by atoms with Crippen molar-refractivity contribution in [2.75, 3.05) is 0 Å². The van der Waals surface area contributed by atoms with Crippen LogP contribution in [0.4, 0.5) is 0 Å². The van der Waals surface area contributed by atoms with Gasteiger partial charge in [0.05, 0.1) is 14.1 Å². The normalized spacial score (nSPS) is 26.3. The molecule has 1 aromatic carbocycles. The number of rotatable bonds is 4. The largest absolute Gasteiger partial charge is 0.497 e. The minimum atomic E-state index is 0.325. The zero-order valence-corrected chi connectivity index (χ0v) is 10.4. The monoisotopic (exact) mass is 226 g/mol. The molecule has 2 atom stereocenters. The first kappa shape index (κ1) is 12.3. The summed E-state index contributed by atoms with van der Waals surface area (Å²) < 4.78 is 5.67. The van der Waals surface area contributed by atoms with Gasteiger partial charge in [0.25, 0.3) is 0 Å². The van der Waals surface area contributed by atoms with Gasteiger partial charge in [0.1, 0.15) is 6.61 Å². The highest BCUT2D eigenvalue weighted by atomic mass is 16.5. The van der Waals surface area contributed by atoms with Gasteiger partial charge in [-0.05, 0) is 29.9 Å². The Labute approximate surface area is 105 Å². The van der Waals surface area contributed by atoms with Crippen LogP contribution in [0.3, 0.4) is 0 Å². The summed E-state index contributed by atoms with van der Waals surface area (Å²) in [5, 5.41) is 0. The summed E-state index contributed by atoms with van der Waals surface area (Å²) in [6, 6.07) is 10.2. The molecule has 1 aliphatic carbocycles. The molecule has 0 aromatic heterocycles. The summed E-state index contributed by atoms with van der Waals surface area (Å²) in [7, 11) is 5.98. The molecule has 0 heterocycles. The Kier molecular flexibility index (Phi) is 4.30. The third kappa shape index (κ3) is 3.39. The number of allylic oxidation sites excluding steroid dienone is 1.